The third-order valence-corrected chi connectivity index (χ3v) is 2.74. The Morgan fingerprint density at radius 1 is 0.944 bits per heavy atom. The van der Waals surface area contributed by atoms with Crippen molar-refractivity contribution >= 4 is 6.08 Å². The van der Waals surface area contributed by atoms with Crippen LogP contribution in [0.25, 0.3) is 6.08 Å². The summed E-state index contributed by atoms with van der Waals surface area (Å²) in [6.07, 6.45) is 4.23. The molecule has 0 amide bonds. The minimum absolute atomic E-state index is 0.0245. The Kier molecular flexibility index (Phi) is 4.74. The lowest BCUT2D eigenvalue weighted by Gasteiger charge is -2.13. The largest absolute Gasteiger partial charge is 0.370 e. The first-order chi connectivity index (χ1) is 8.90. The van der Waals surface area contributed by atoms with Gasteiger partial charge in [-0.15, -0.1) is 0 Å². The van der Waals surface area contributed by atoms with Crippen LogP contribution in [0, 0.1) is 0 Å². The molecular formula is C17H18O. The van der Waals surface area contributed by atoms with Gasteiger partial charge in [0.15, 0.2) is 0 Å². The first-order valence-corrected chi connectivity index (χ1v) is 6.30. The van der Waals surface area contributed by atoms with Crippen LogP contribution in [0.4, 0.5) is 0 Å². The Labute approximate surface area is 109 Å². The molecule has 0 aliphatic carbocycles. The van der Waals surface area contributed by atoms with E-state index in [0.717, 1.165) is 0 Å². The van der Waals surface area contributed by atoms with Crippen LogP contribution in [-0.2, 0) is 4.74 Å². The maximum absolute atomic E-state index is 5.76. The van der Waals surface area contributed by atoms with E-state index in [4.69, 9.17) is 4.74 Å². The third kappa shape index (κ3) is 3.57. The van der Waals surface area contributed by atoms with Gasteiger partial charge in [-0.3, -0.25) is 0 Å². The number of rotatable bonds is 5. The molecule has 2 aromatic carbocycles. The van der Waals surface area contributed by atoms with Gasteiger partial charge in [0.25, 0.3) is 0 Å². The van der Waals surface area contributed by atoms with Gasteiger partial charge in [0.05, 0.1) is 0 Å². The van der Waals surface area contributed by atoms with E-state index in [9.17, 15) is 0 Å². The highest BCUT2D eigenvalue weighted by molar-refractivity contribution is 5.50. The summed E-state index contributed by atoms with van der Waals surface area (Å²) in [7, 11) is 0. The molecule has 1 heteroatoms. The second-order valence-electron chi connectivity index (χ2n) is 4.06. The van der Waals surface area contributed by atoms with Gasteiger partial charge in [-0.2, -0.15) is 0 Å². The van der Waals surface area contributed by atoms with Crippen molar-refractivity contribution < 1.29 is 4.74 Å². The number of benzene rings is 2. The molecule has 18 heavy (non-hydrogen) atoms. The molecule has 0 spiro atoms. The fourth-order valence-electron chi connectivity index (χ4n) is 1.85. The van der Waals surface area contributed by atoms with Crippen LogP contribution < -0.4 is 0 Å². The molecule has 1 atom stereocenters. The summed E-state index contributed by atoms with van der Waals surface area (Å²) < 4.78 is 5.76. The van der Waals surface area contributed by atoms with E-state index in [0.29, 0.717) is 6.61 Å². The maximum atomic E-state index is 5.76. The van der Waals surface area contributed by atoms with E-state index in [2.05, 4.69) is 36.4 Å². The fraction of sp³-hybridized carbons (Fsp3) is 0.176. The highest BCUT2D eigenvalue weighted by atomic mass is 16.5. The molecule has 0 aliphatic heterocycles. The normalized spacial score (nSPS) is 12.7. The quantitative estimate of drug-likeness (QED) is 0.746. The van der Waals surface area contributed by atoms with Crippen molar-refractivity contribution in [3.8, 4) is 0 Å². The number of hydrogen-bond donors (Lipinski definition) is 0. The van der Waals surface area contributed by atoms with Gasteiger partial charge in [-0.25, -0.2) is 0 Å². The lowest BCUT2D eigenvalue weighted by atomic mass is 10.1. The summed E-state index contributed by atoms with van der Waals surface area (Å²) >= 11 is 0. The Balaban J connectivity index is 2.14. The number of ether oxygens (including phenoxy) is 1. The molecule has 0 bridgehead atoms. The molecule has 0 N–H and O–H groups in total. The van der Waals surface area contributed by atoms with Crippen LogP contribution in [0.5, 0.6) is 0 Å². The first kappa shape index (κ1) is 12.6. The summed E-state index contributed by atoms with van der Waals surface area (Å²) in [5, 5.41) is 0. The zero-order chi connectivity index (χ0) is 12.6. The monoisotopic (exact) mass is 238 g/mol. The van der Waals surface area contributed by atoms with E-state index in [1.807, 2.05) is 43.3 Å². The average Bonchev–Trinajstić information content (AvgIpc) is 2.45. The summed E-state index contributed by atoms with van der Waals surface area (Å²) in [5.74, 6) is 0. The summed E-state index contributed by atoms with van der Waals surface area (Å²) in [4.78, 5) is 0. The lowest BCUT2D eigenvalue weighted by molar-refractivity contribution is 0.0973. The second-order valence-corrected chi connectivity index (χ2v) is 4.06. The molecule has 0 heterocycles. The first-order valence-electron chi connectivity index (χ1n) is 6.30. The van der Waals surface area contributed by atoms with Crippen molar-refractivity contribution in [3.05, 3.63) is 77.9 Å². The van der Waals surface area contributed by atoms with E-state index in [1.165, 1.54) is 11.1 Å². The summed E-state index contributed by atoms with van der Waals surface area (Å²) in [6, 6.07) is 20.6. The molecule has 1 unspecified atom stereocenters. The van der Waals surface area contributed by atoms with Gasteiger partial charge in [-0.05, 0) is 18.1 Å². The smallest absolute Gasteiger partial charge is 0.101 e. The van der Waals surface area contributed by atoms with Crippen molar-refractivity contribution in [1.29, 1.82) is 0 Å². The van der Waals surface area contributed by atoms with E-state index in [-0.39, 0.29) is 6.10 Å². The van der Waals surface area contributed by atoms with Crippen LogP contribution in [-0.4, -0.2) is 6.61 Å². The second kappa shape index (κ2) is 6.77. The predicted molar refractivity (Wildman–Crippen MR) is 76.3 cm³/mol. The topological polar surface area (TPSA) is 9.23 Å². The Morgan fingerprint density at radius 2 is 1.56 bits per heavy atom. The van der Waals surface area contributed by atoms with E-state index >= 15 is 0 Å². The molecule has 0 fully saturated rings. The molecule has 0 saturated heterocycles. The van der Waals surface area contributed by atoms with Gasteiger partial charge in [0.1, 0.15) is 6.10 Å². The molecule has 0 radical (unpaired) electrons. The number of hydrogen-bond acceptors (Lipinski definition) is 1. The molecule has 1 nitrogen and oxygen atoms in total. The maximum Gasteiger partial charge on any atom is 0.101 e. The fourth-order valence-corrected chi connectivity index (χ4v) is 1.85. The highest BCUT2D eigenvalue weighted by Gasteiger charge is 2.06. The van der Waals surface area contributed by atoms with Gasteiger partial charge in [0.2, 0.25) is 0 Å². The standard InChI is InChI=1S/C17H18O/c1-2-18-17(16-11-7-4-8-12-16)14-13-15-9-5-3-6-10-15/h3-14,17H,2H2,1H3/b14-13-. The Hall–Kier alpha value is -1.86. The summed E-state index contributed by atoms with van der Waals surface area (Å²) in [5.41, 5.74) is 2.38. The van der Waals surface area contributed by atoms with E-state index < -0.39 is 0 Å². The van der Waals surface area contributed by atoms with Crippen LogP contribution in [0.2, 0.25) is 0 Å². The molecular weight excluding hydrogens is 220 g/mol. The van der Waals surface area contributed by atoms with Crippen LogP contribution in [0.15, 0.2) is 66.7 Å². The van der Waals surface area contributed by atoms with Gasteiger partial charge >= 0.3 is 0 Å². The molecule has 0 aliphatic rings. The highest BCUT2D eigenvalue weighted by Crippen LogP contribution is 2.19. The minimum atomic E-state index is 0.0245. The van der Waals surface area contributed by atoms with Crippen molar-refractivity contribution in [2.75, 3.05) is 6.61 Å². The lowest BCUT2D eigenvalue weighted by Crippen LogP contribution is -2.00. The average molecular weight is 238 g/mol. The third-order valence-electron chi connectivity index (χ3n) is 2.74. The predicted octanol–water partition coefficient (Wildman–Crippen LogP) is 4.48. The van der Waals surface area contributed by atoms with E-state index in [1.54, 1.807) is 0 Å². The van der Waals surface area contributed by atoms with Crippen molar-refractivity contribution in [3.63, 3.8) is 0 Å². The zero-order valence-electron chi connectivity index (χ0n) is 10.6. The van der Waals surface area contributed by atoms with Crippen molar-refractivity contribution in [2.45, 2.75) is 13.0 Å². The molecule has 2 aromatic rings. The summed E-state index contributed by atoms with van der Waals surface area (Å²) in [6.45, 7) is 2.73. The van der Waals surface area contributed by atoms with Gasteiger partial charge in [-0.1, -0.05) is 72.8 Å². The van der Waals surface area contributed by atoms with Crippen molar-refractivity contribution in [1.82, 2.24) is 0 Å². The van der Waals surface area contributed by atoms with Gasteiger partial charge in [0, 0.05) is 6.61 Å². The molecule has 92 valence electrons. The van der Waals surface area contributed by atoms with Crippen LogP contribution >= 0.6 is 0 Å². The van der Waals surface area contributed by atoms with Crippen molar-refractivity contribution in [2.24, 2.45) is 0 Å². The Bertz CT molecular complexity index is 473. The minimum Gasteiger partial charge on any atom is -0.370 e. The molecule has 0 aromatic heterocycles. The Morgan fingerprint density at radius 3 is 2.17 bits per heavy atom. The molecule has 2 rings (SSSR count). The zero-order valence-corrected chi connectivity index (χ0v) is 10.6. The van der Waals surface area contributed by atoms with Gasteiger partial charge < -0.3 is 4.74 Å². The van der Waals surface area contributed by atoms with Crippen LogP contribution in [0.3, 0.4) is 0 Å². The van der Waals surface area contributed by atoms with Crippen LogP contribution in [0.1, 0.15) is 24.2 Å². The molecule has 0 saturated carbocycles. The SMILES string of the molecule is CCOC(/C=C\c1ccccc1)c1ccccc1.